The van der Waals surface area contributed by atoms with Gasteiger partial charge in [-0.05, 0) is 48.7 Å². The molecule has 1 unspecified atom stereocenters. The molecule has 3 rings (SSSR count). The lowest BCUT2D eigenvalue weighted by Crippen LogP contribution is -2.44. The molecule has 6 nitrogen and oxygen atoms in total. The quantitative estimate of drug-likeness (QED) is 0.613. The maximum absolute atomic E-state index is 14.0. The Labute approximate surface area is 166 Å². The lowest BCUT2D eigenvalue weighted by molar-refractivity contribution is 0.612. The summed E-state index contributed by atoms with van der Waals surface area (Å²) in [5.74, 6) is 0.901. The third kappa shape index (κ3) is 4.71. The summed E-state index contributed by atoms with van der Waals surface area (Å²) < 4.78 is 14.0. The van der Waals surface area contributed by atoms with Crippen LogP contribution in [0.5, 0.6) is 0 Å². The van der Waals surface area contributed by atoms with Crippen molar-refractivity contribution in [3.8, 4) is 0 Å². The van der Waals surface area contributed by atoms with E-state index in [0.717, 1.165) is 18.9 Å². The summed E-state index contributed by atoms with van der Waals surface area (Å²) in [5, 5.41) is 6.83. The lowest BCUT2D eigenvalue weighted by atomic mass is 10.1. The fourth-order valence-corrected chi connectivity index (χ4v) is 3.40. The van der Waals surface area contributed by atoms with E-state index in [2.05, 4.69) is 50.6 Å². The highest BCUT2D eigenvalue weighted by atomic mass is 19.1. The molecular weight excluding hydrogens is 355 g/mol. The number of hydrogen-bond donors (Lipinski definition) is 2. The molecule has 28 heavy (non-hydrogen) atoms. The fourth-order valence-electron chi connectivity index (χ4n) is 3.40. The van der Waals surface area contributed by atoms with E-state index in [-0.39, 0.29) is 11.9 Å². The van der Waals surface area contributed by atoms with Crippen molar-refractivity contribution in [2.24, 2.45) is 4.99 Å². The number of nitrogens with one attached hydrogen (secondary N) is 2. The van der Waals surface area contributed by atoms with E-state index in [1.807, 2.05) is 19.0 Å². The van der Waals surface area contributed by atoms with Gasteiger partial charge >= 0.3 is 0 Å². The predicted molar refractivity (Wildman–Crippen MR) is 114 cm³/mol. The maximum atomic E-state index is 14.0. The number of halogens is 1. The largest absolute Gasteiger partial charge is 0.378 e. The molecule has 1 saturated heterocycles. The Bertz CT molecular complexity index is 835. The minimum absolute atomic E-state index is 0.199. The van der Waals surface area contributed by atoms with Gasteiger partial charge in [-0.1, -0.05) is 6.07 Å². The standard InChI is InChI=1S/C21H29FN6/c1-15-12-18(27(3)4)8-7-16(15)13-25-21(23-2)26-17-9-11-28(14-17)20-19(22)6-5-10-24-20/h5-8,10,12,17H,9,11,13-14H2,1-4H3,(H2,23,25,26). The summed E-state index contributed by atoms with van der Waals surface area (Å²) in [6, 6.07) is 9.72. The molecule has 1 aromatic heterocycles. The Hall–Kier alpha value is -2.83. The van der Waals surface area contributed by atoms with Gasteiger partial charge in [0.1, 0.15) is 0 Å². The molecule has 0 radical (unpaired) electrons. The van der Waals surface area contributed by atoms with Gasteiger partial charge < -0.3 is 20.4 Å². The summed E-state index contributed by atoms with van der Waals surface area (Å²) in [4.78, 5) is 12.6. The molecule has 2 heterocycles. The number of pyridine rings is 1. The number of aliphatic imine (C=N–C) groups is 1. The van der Waals surface area contributed by atoms with Gasteiger partial charge in [0.25, 0.3) is 0 Å². The molecule has 1 fully saturated rings. The van der Waals surface area contributed by atoms with Crippen molar-refractivity contribution in [1.82, 2.24) is 15.6 Å². The number of hydrogen-bond acceptors (Lipinski definition) is 4. The van der Waals surface area contributed by atoms with E-state index in [4.69, 9.17) is 0 Å². The maximum Gasteiger partial charge on any atom is 0.191 e. The topological polar surface area (TPSA) is 55.8 Å². The Balaban J connectivity index is 1.55. The average Bonchev–Trinajstić information content (AvgIpc) is 3.14. The minimum Gasteiger partial charge on any atom is -0.378 e. The number of nitrogens with zero attached hydrogens (tertiary/aromatic N) is 4. The molecular formula is C21H29FN6. The average molecular weight is 385 g/mol. The molecule has 1 atom stereocenters. The molecule has 0 spiro atoms. The Morgan fingerprint density at radius 2 is 2.18 bits per heavy atom. The van der Waals surface area contributed by atoms with Gasteiger partial charge in [-0.2, -0.15) is 0 Å². The second-order valence-electron chi connectivity index (χ2n) is 7.32. The van der Waals surface area contributed by atoms with Crippen LogP contribution in [0, 0.1) is 12.7 Å². The zero-order valence-corrected chi connectivity index (χ0v) is 17.0. The van der Waals surface area contributed by atoms with Crippen molar-refractivity contribution in [2.45, 2.75) is 25.9 Å². The summed E-state index contributed by atoms with van der Waals surface area (Å²) in [7, 11) is 5.85. The van der Waals surface area contributed by atoms with Crippen molar-refractivity contribution in [2.75, 3.05) is 44.0 Å². The molecule has 1 aliphatic heterocycles. The number of guanidine groups is 1. The van der Waals surface area contributed by atoms with Crippen LogP contribution in [0.25, 0.3) is 0 Å². The molecule has 0 saturated carbocycles. The third-order valence-electron chi connectivity index (χ3n) is 5.08. The van der Waals surface area contributed by atoms with Crippen LogP contribution in [-0.2, 0) is 6.54 Å². The number of aromatic nitrogens is 1. The molecule has 0 bridgehead atoms. The molecule has 1 aliphatic rings. The second-order valence-corrected chi connectivity index (χ2v) is 7.32. The van der Waals surface area contributed by atoms with Crippen LogP contribution >= 0.6 is 0 Å². The van der Waals surface area contributed by atoms with E-state index < -0.39 is 0 Å². The van der Waals surface area contributed by atoms with Crippen LogP contribution in [0.3, 0.4) is 0 Å². The number of rotatable bonds is 5. The smallest absolute Gasteiger partial charge is 0.191 e. The van der Waals surface area contributed by atoms with Crippen LogP contribution in [0.2, 0.25) is 0 Å². The zero-order valence-electron chi connectivity index (χ0n) is 17.0. The van der Waals surface area contributed by atoms with Gasteiger partial charge in [0, 0.05) is 58.7 Å². The SMILES string of the molecule is CN=C(NCc1ccc(N(C)C)cc1C)NC1CCN(c2ncccc2F)C1. The summed E-state index contributed by atoms with van der Waals surface area (Å²) in [6.45, 7) is 4.29. The van der Waals surface area contributed by atoms with Crippen LogP contribution < -0.4 is 20.4 Å². The summed E-state index contributed by atoms with van der Waals surface area (Å²) in [5.41, 5.74) is 3.67. The van der Waals surface area contributed by atoms with Gasteiger partial charge in [0.05, 0.1) is 0 Å². The van der Waals surface area contributed by atoms with E-state index in [0.29, 0.717) is 18.9 Å². The third-order valence-corrected chi connectivity index (χ3v) is 5.08. The number of aryl methyl sites for hydroxylation is 1. The van der Waals surface area contributed by atoms with Crippen molar-refractivity contribution >= 4 is 17.5 Å². The van der Waals surface area contributed by atoms with Crippen molar-refractivity contribution in [1.29, 1.82) is 0 Å². The first-order valence-corrected chi connectivity index (χ1v) is 9.57. The Kier molecular flexibility index (Phi) is 6.34. The molecule has 0 amide bonds. The van der Waals surface area contributed by atoms with E-state index in [1.54, 1.807) is 19.3 Å². The molecule has 1 aromatic carbocycles. The van der Waals surface area contributed by atoms with E-state index >= 15 is 0 Å². The Morgan fingerprint density at radius 1 is 1.36 bits per heavy atom. The molecule has 0 aliphatic carbocycles. The van der Waals surface area contributed by atoms with Crippen molar-refractivity contribution in [3.63, 3.8) is 0 Å². The molecule has 150 valence electrons. The molecule has 2 N–H and O–H groups in total. The first kappa shape index (κ1) is 19.9. The highest BCUT2D eigenvalue weighted by Crippen LogP contribution is 2.21. The van der Waals surface area contributed by atoms with Crippen molar-refractivity contribution in [3.05, 3.63) is 53.5 Å². The van der Waals surface area contributed by atoms with Crippen LogP contribution in [0.4, 0.5) is 15.9 Å². The van der Waals surface area contributed by atoms with Gasteiger partial charge in [-0.15, -0.1) is 0 Å². The fraction of sp³-hybridized carbons (Fsp3) is 0.429. The van der Waals surface area contributed by atoms with Crippen molar-refractivity contribution < 1.29 is 4.39 Å². The first-order chi connectivity index (χ1) is 13.5. The number of benzene rings is 1. The number of anilines is 2. The normalized spacial score (nSPS) is 17.0. The molecule has 2 aromatic rings. The van der Waals surface area contributed by atoms with E-state index in [9.17, 15) is 4.39 Å². The highest BCUT2D eigenvalue weighted by molar-refractivity contribution is 5.80. The summed E-state index contributed by atoms with van der Waals surface area (Å²) >= 11 is 0. The summed E-state index contributed by atoms with van der Waals surface area (Å²) in [6.07, 6.45) is 2.54. The van der Waals surface area contributed by atoms with Gasteiger partial charge in [0.2, 0.25) is 0 Å². The predicted octanol–water partition coefficient (Wildman–Crippen LogP) is 2.54. The lowest BCUT2D eigenvalue weighted by Gasteiger charge is -2.20. The monoisotopic (exact) mass is 384 g/mol. The minimum atomic E-state index is -0.276. The van der Waals surface area contributed by atoms with Crippen LogP contribution in [-0.4, -0.2) is 51.2 Å². The molecule has 7 heteroatoms. The highest BCUT2D eigenvalue weighted by Gasteiger charge is 2.25. The van der Waals surface area contributed by atoms with Gasteiger partial charge in [0.15, 0.2) is 17.6 Å². The van der Waals surface area contributed by atoms with Crippen LogP contribution in [0.1, 0.15) is 17.5 Å². The second kappa shape index (κ2) is 8.91. The van der Waals surface area contributed by atoms with Gasteiger partial charge in [-0.25, -0.2) is 9.37 Å². The first-order valence-electron chi connectivity index (χ1n) is 9.57. The Morgan fingerprint density at radius 3 is 2.86 bits per heavy atom. The van der Waals surface area contributed by atoms with E-state index in [1.165, 1.54) is 22.9 Å². The van der Waals surface area contributed by atoms with Crippen LogP contribution in [0.15, 0.2) is 41.5 Å². The van der Waals surface area contributed by atoms with Gasteiger partial charge in [-0.3, -0.25) is 4.99 Å². The zero-order chi connectivity index (χ0) is 20.1.